The highest BCUT2D eigenvalue weighted by Crippen LogP contribution is 2.33. The molecule has 0 radical (unpaired) electrons. The summed E-state index contributed by atoms with van der Waals surface area (Å²) >= 11 is 0. The van der Waals surface area contributed by atoms with E-state index < -0.39 is 15.6 Å². The van der Waals surface area contributed by atoms with Gasteiger partial charge in [-0.1, -0.05) is 50.8 Å². The monoisotopic (exact) mass is 449 g/mol. The molecule has 1 atom stereocenters. The molecule has 8 heteroatoms. The number of para-hydroxylation sites is 1. The summed E-state index contributed by atoms with van der Waals surface area (Å²) in [5, 5.41) is 3.16. The lowest BCUT2D eigenvalue weighted by molar-refractivity contribution is -0.133. The van der Waals surface area contributed by atoms with E-state index >= 15 is 0 Å². The van der Waals surface area contributed by atoms with Gasteiger partial charge in [0.05, 0.1) is 12.3 Å². The lowest BCUT2D eigenvalue weighted by atomic mass is 9.92. The molecule has 3 rings (SSSR count). The molecule has 0 unspecified atom stereocenters. The van der Waals surface area contributed by atoms with Crippen molar-refractivity contribution in [3.8, 4) is 0 Å². The zero-order valence-corrected chi connectivity index (χ0v) is 19.7. The third-order valence-electron chi connectivity index (χ3n) is 6.59. The fourth-order valence-corrected chi connectivity index (χ4v) is 5.83. The average Bonchev–Trinajstić information content (AvgIpc) is 3.02. The third-order valence-corrected chi connectivity index (χ3v) is 8.36. The summed E-state index contributed by atoms with van der Waals surface area (Å²) in [6.07, 6.45) is 7.01. The van der Waals surface area contributed by atoms with Gasteiger partial charge in [0.2, 0.25) is 21.8 Å². The highest BCUT2D eigenvalue weighted by atomic mass is 32.2. The zero-order valence-electron chi connectivity index (χ0n) is 18.9. The van der Waals surface area contributed by atoms with Crippen LogP contribution in [0.25, 0.3) is 0 Å². The summed E-state index contributed by atoms with van der Waals surface area (Å²) in [7, 11) is -3.61. The Morgan fingerprint density at radius 3 is 2.39 bits per heavy atom. The molecular formula is C23H35N3O4S. The van der Waals surface area contributed by atoms with Crippen LogP contribution in [0.15, 0.2) is 24.3 Å². The fraction of sp³-hybridized carbons (Fsp3) is 0.652. The van der Waals surface area contributed by atoms with Crippen LogP contribution in [0.5, 0.6) is 0 Å². The average molecular weight is 450 g/mol. The number of sulfonamides is 1. The van der Waals surface area contributed by atoms with Gasteiger partial charge >= 0.3 is 0 Å². The number of carbonyl (C=O) groups is 2. The first-order chi connectivity index (χ1) is 14.7. The van der Waals surface area contributed by atoms with Crippen LogP contribution >= 0.6 is 0 Å². The number of nitrogens with one attached hydrogen (secondary N) is 1. The van der Waals surface area contributed by atoms with E-state index in [-0.39, 0.29) is 36.7 Å². The van der Waals surface area contributed by atoms with Crippen molar-refractivity contribution in [3.63, 3.8) is 0 Å². The molecule has 0 aromatic heterocycles. The van der Waals surface area contributed by atoms with Crippen LogP contribution in [0.2, 0.25) is 0 Å². The molecule has 1 saturated heterocycles. The third kappa shape index (κ3) is 4.95. The van der Waals surface area contributed by atoms with Gasteiger partial charge < -0.3 is 5.32 Å². The molecule has 7 nitrogen and oxygen atoms in total. The Bertz CT molecular complexity index is 909. The maximum Gasteiger partial charge on any atom is 0.247 e. The van der Waals surface area contributed by atoms with Gasteiger partial charge in [0.15, 0.2) is 0 Å². The first kappa shape index (κ1) is 23.7. The van der Waals surface area contributed by atoms with Crippen molar-refractivity contribution >= 4 is 27.5 Å². The van der Waals surface area contributed by atoms with Gasteiger partial charge in [-0.3, -0.25) is 14.5 Å². The van der Waals surface area contributed by atoms with Gasteiger partial charge in [-0.05, 0) is 44.7 Å². The fourth-order valence-electron chi connectivity index (χ4n) is 4.71. The van der Waals surface area contributed by atoms with Crippen LogP contribution in [0, 0.1) is 0 Å². The summed E-state index contributed by atoms with van der Waals surface area (Å²) < 4.78 is 26.4. The van der Waals surface area contributed by atoms with Crippen LogP contribution in [0.3, 0.4) is 0 Å². The van der Waals surface area contributed by atoms with Gasteiger partial charge in [-0.25, -0.2) is 8.42 Å². The van der Waals surface area contributed by atoms with E-state index in [1.165, 1.54) is 17.1 Å². The maximum absolute atomic E-state index is 13.7. The van der Waals surface area contributed by atoms with Gasteiger partial charge in [0.1, 0.15) is 5.54 Å². The van der Waals surface area contributed by atoms with E-state index in [0.29, 0.717) is 12.1 Å². The molecular weight excluding hydrogens is 414 g/mol. The molecule has 1 saturated carbocycles. The topological polar surface area (TPSA) is 86.8 Å². The highest BCUT2D eigenvalue weighted by Gasteiger charge is 2.51. The number of carbonyl (C=O) groups excluding carboxylic acids is 2. The number of aryl methyl sites for hydroxylation is 1. The summed E-state index contributed by atoms with van der Waals surface area (Å²) in [4.78, 5) is 28.5. The quantitative estimate of drug-likeness (QED) is 0.677. The Hall–Kier alpha value is -1.93. The maximum atomic E-state index is 13.7. The number of nitrogens with zero attached hydrogens (tertiary/aromatic N) is 2. The SMILES string of the molecule is CCc1ccccc1N1C(=O)CN(S(=O)(=O)CC)C[C@@]1(C)C(=O)NC1CCCCCC1. The molecule has 1 heterocycles. The first-order valence-corrected chi connectivity index (χ1v) is 13.0. The number of piperazine rings is 1. The summed E-state index contributed by atoms with van der Waals surface area (Å²) in [6, 6.07) is 7.61. The first-order valence-electron chi connectivity index (χ1n) is 11.4. The van der Waals surface area contributed by atoms with E-state index in [2.05, 4.69) is 5.32 Å². The molecule has 31 heavy (non-hydrogen) atoms. The van der Waals surface area contributed by atoms with E-state index in [1.54, 1.807) is 18.7 Å². The normalized spacial score (nSPS) is 24.1. The number of anilines is 1. The second kappa shape index (κ2) is 9.69. The molecule has 1 aromatic carbocycles. The zero-order chi connectivity index (χ0) is 22.6. The lowest BCUT2D eigenvalue weighted by Gasteiger charge is -2.47. The Kier molecular flexibility index (Phi) is 7.42. The standard InChI is InChI=1S/C23H35N3O4S/c1-4-18-12-10-11-15-20(18)26-21(27)16-25(31(29,30)5-2)17-23(26,3)22(28)24-19-13-8-6-7-9-14-19/h10-12,15,19H,4-9,13-14,16-17H2,1-3H3,(H,24,28)/t23-/m0/s1. The Morgan fingerprint density at radius 1 is 1.13 bits per heavy atom. The number of amides is 2. The van der Waals surface area contributed by atoms with Crippen LogP contribution in [0.4, 0.5) is 5.69 Å². The number of hydrogen-bond acceptors (Lipinski definition) is 4. The number of rotatable bonds is 6. The van der Waals surface area contributed by atoms with E-state index in [0.717, 1.165) is 31.2 Å². The predicted molar refractivity (Wildman–Crippen MR) is 122 cm³/mol. The van der Waals surface area contributed by atoms with Gasteiger partial charge in [-0.15, -0.1) is 0 Å². The van der Waals surface area contributed by atoms with Crippen molar-refractivity contribution in [1.82, 2.24) is 9.62 Å². The largest absolute Gasteiger partial charge is 0.351 e. The van der Waals surface area contributed by atoms with E-state index in [1.807, 2.05) is 31.2 Å². The summed E-state index contributed by atoms with van der Waals surface area (Å²) in [5.74, 6) is -0.760. The summed E-state index contributed by atoms with van der Waals surface area (Å²) in [5.41, 5.74) is 0.313. The Morgan fingerprint density at radius 2 is 1.77 bits per heavy atom. The highest BCUT2D eigenvalue weighted by molar-refractivity contribution is 7.89. The molecule has 1 aromatic rings. The molecule has 172 valence electrons. The van der Waals surface area contributed by atoms with Crippen molar-refractivity contribution < 1.29 is 18.0 Å². The minimum absolute atomic E-state index is 0.0501. The molecule has 1 aliphatic carbocycles. The molecule has 0 spiro atoms. The van der Waals surface area contributed by atoms with Crippen molar-refractivity contribution in [2.75, 3.05) is 23.7 Å². The molecule has 2 aliphatic rings. The number of hydrogen-bond donors (Lipinski definition) is 1. The second-order valence-electron chi connectivity index (χ2n) is 8.82. The van der Waals surface area contributed by atoms with Crippen LogP contribution in [-0.2, 0) is 26.0 Å². The van der Waals surface area contributed by atoms with Crippen LogP contribution in [0.1, 0.15) is 64.9 Å². The molecule has 0 bridgehead atoms. The molecule has 1 N–H and O–H groups in total. The number of benzene rings is 1. The minimum atomic E-state index is -3.61. The van der Waals surface area contributed by atoms with Crippen molar-refractivity contribution in [3.05, 3.63) is 29.8 Å². The van der Waals surface area contributed by atoms with Gasteiger partial charge in [0, 0.05) is 18.3 Å². The van der Waals surface area contributed by atoms with E-state index in [4.69, 9.17) is 0 Å². The van der Waals surface area contributed by atoms with E-state index in [9.17, 15) is 18.0 Å². The van der Waals surface area contributed by atoms with Crippen molar-refractivity contribution in [2.45, 2.75) is 77.3 Å². The Labute approximate surface area is 186 Å². The van der Waals surface area contributed by atoms with Crippen LogP contribution < -0.4 is 10.2 Å². The minimum Gasteiger partial charge on any atom is -0.351 e. The van der Waals surface area contributed by atoms with Gasteiger partial charge in [-0.2, -0.15) is 4.31 Å². The smallest absolute Gasteiger partial charge is 0.247 e. The van der Waals surface area contributed by atoms with Gasteiger partial charge in [0.25, 0.3) is 0 Å². The molecule has 2 amide bonds. The lowest BCUT2D eigenvalue weighted by Crippen LogP contribution is -2.71. The van der Waals surface area contributed by atoms with Crippen LogP contribution in [-0.4, -0.2) is 55.0 Å². The van der Waals surface area contributed by atoms with Crippen molar-refractivity contribution in [2.24, 2.45) is 0 Å². The second-order valence-corrected chi connectivity index (χ2v) is 11.1. The van der Waals surface area contributed by atoms with Crippen molar-refractivity contribution in [1.29, 1.82) is 0 Å². The predicted octanol–water partition coefficient (Wildman–Crippen LogP) is 2.85. The Balaban J connectivity index is 2.01. The molecule has 2 fully saturated rings. The molecule has 1 aliphatic heterocycles. The summed E-state index contributed by atoms with van der Waals surface area (Å²) in [6.45, 7) is 4.96.